The van der Waals surface area contributed by atoms with E-state index in [4.69, 9.17) is 15.7 Å². The summed E-state index contributed by atoms with van der Waals surface area (Å²) >= 11 is 0. The standard InChI is InChI=1S/C11H22N2O/c1-10(2)8-14-7-5-4-6-11(3,13)9-12/h10H,4-8,13H2,1-3H3. The molecule has 82 valence electrons. The highest BCUT2D eigenvalue weighted by molar-refractivity contribution is 5.00. The molecule has 0 aromatic rings. The fourth-order valence-electron chi connectivity index (χ4n) is 1.07. The molecule has 0 aliphatic rings. The van der Waals surface area contributed by atoms with Crippen LogP contribution >= 0.6 is 0 Å². The third kappa shape index (κ3) is 8.03. The number of nitrogens with zero attached hydrogens (tertiary/aromatic N) is 1. The van der Waals surface area contributed by atoms with Gasteiger partial charge in [-0.2, -0.15) is 5.26 Å². The molecule has 0 aromatic heterocycles. The van der Waals surface area contributed by atoms with Gasteiger partial charge in [-0.05, 0) is 32.1 Å². The molecule has 0 heterocycles. The predicted octanol–water partition coefficient (Wildman–Crippen LogP) is 2.07. The summed E-state index contributed by atoms with van der Waals surface area (Å²) in [6.45, 7) is 7.62. The number of hydrogen-bond acceptors (Lipinski definition) is 3. The van der Waals surface area contributed by atoms with Gasteiger partial charge in [-0.3, -0.25) is 0 Å². The second kappa shape index (κ2) is 6.80. The summed E-state index contributed by atoms with van der Waals surface area (Å²) in [6, 6.07) is 2.09. The van der Waals surface area contributed by atoms with Crippen LogP contribution in [-0.4, -0.2) is 18.8 Å². The first-order valence-corrected chi connectivity index (χ1v) is 5.26. The maximum Gasteiger partial charge on any atom is 0.101 e. The van der Waals surface area contributed by atoms with Crippen molar-refractivity contribution in [2.75, 3.05) is 13.2 Å². The van der Waals surface area contributed by atoms with Crippen molar-refractivity contribution in [3.05, 3.63) is 0 Å². The Balaban J connectivity index is 3.27. The lowest BCUT2D eigenvalue weighted by molar-refractivity contribution is 0.106. The topological polar surface area (TPSA) is 59.0 Å². The molecule has 1 atom stereocenters. The lowest BCUT2D eigenvalue weighted by Gasteiger charge is -2.14. The normalized spacial score (nSPS) is 15.1. The molecule has 0 saturated carbocycles. The number of nitriles is 1. The number of nitrogens with two attached hydrogens (primary N) is 1. The zero-order valence-electron chi connectivity index (χ0n) is 9.55. The molecule has 2 N–H and O–H groups in total. The summed E-state index contributed by atoms with van der Waals surface area (Å²) in [5.74, 6) is 0.592. The van der Waals surface area contributed by atoms with Gasteiger partial charge in [0, 0.05) is 13.2 Å². The van der Waals surface area contributed by atoms with Gasteiger partial charge in [0.2, 0.25) is 0 Å². The molecule has 3 nitrogen and oxygen atoms in total. The Hall–Kier alpha value is -0.590. The van der Waals surface area contributed by atoms with Crippen LogP contribution in [0.2, 0.25) is 0 Å². The highest BCUT2D eigenvalue weighted by Gasteiger charge is 2.15. The minimum atomic E-state index is -0.669. The lowest BCUT2D eigenvalue weighted by Crippen LogP contribution is -2.33. The van der Waals surface area contributed by atoms with Crippen LogP contribution < -0.4 is 5.73 Å². The first-order valence-electron chi connectivity index (χ1n) is 5.26. The molecule has 0 spiro atoms. The van der Waals surface area contributed by atoms with Crippen LogP contribution in [0.25, 0.3) is 0 Å². The van der Waals surface area contributed by atoms with Crippen molar-refractivity contribution in [2.24, 2.45) is 11.7 Å². The number of hydrogen-bond donors (Lipinski definition) is 1. The van der Waals surface area contributed by atoms with E-state index >= 15 is 0 Å². The lowest BCUT2D eigenvalue weighted by atomic mass is 9.98. The van der Waals surface area contributed by atoms with Crippen LogP contribution in [0.15, 0.2) is 0 Å². The van der Waals surface area contributed by atoms with Crippen molar-refractivity contribution in [1.82, 2.24) is 0 Å². The molecular formula is C11H22N2O. The minimum Gasteiger partial charge on any atom is -0.381 e. The molecule has 0 amide bonds. The van der Waals surface area contributed by atoms with Crippen LogP contribution in [0, 0.1) is 17.2 Å². The van der Waals surface area contributed by atoms with E-state index in [1.165, 1.54) is 0 Å². The van der Waals surface area contributed by atoms with Gasteiger partial charge in [0.25, 0.3) is 0 Å². The van der Waals surface area contributed by atoms with Crippen molar-refractivity contribution in [1.29, 1.82) is 5.26 Å². The molecule has 0 aliphatic carbocycles. The average Bonchev–Trinajstić information content (AvgIpc) is 2.10. The highest BCUT2D eigenvalue weighted by Crippen LogP contribution is 2.09. The molecule has 0 rings (SSSR count). The number of ether oxygens (including phenoxy) is 1. The molecular weight excluding hydrogens is 176 g/mol. The van der Waals surface area contributed by atoms with Gasteiger partial charge >= 0.3 is 0 Å². The number of unbranched alkanes of at least 4 members (excludes halogenated alkanes) is 1. The van der Waals surface area contributed by atoms with E-state index in [1.54, 1.807) is 6.92 Å². The van der Waals surface area contributed by atoms with Gasteiger partial charge in [0.15, 0.2) is 0 Å². The van der Waals surface area contributed by atoms with E-state index in [0.717, 1.165) is 32.5 Å². The molecule has 0 aromatic carbocycles. The van der Waals surface area contributed by atoms with Crippen molar-refractivity contribution in [2.45, 2.75) is 45.6 Å². The van der Waals surface area contributed by atoms with Crippen molar-refractivity contribution >= 4 is 0 Å². The Bertz CT molecular complexity index is 182. The van der Waals surface area contributed by atoms with Gasteiger partial charge in [-0.1, -0.05) is 13.8 Å². The Morgan fingerprint density at radius 3 is 2.57 bits per heavy atom. The third-order valence-corrected chi connectivity index (χ3v) is 1.94. The summed E-state index contributed by atoms with van der Waals surface area (Å²) in [5.41, 5.74) is 5.01. The molecule has 0 fully saturated rings. The maximum atomic E-state index is 8.66. The summed E-state index contributed by atoms with van der Waals surface area (Å²) in [7, 11) is 0. The van der Waals surface area contributed by atoms with E-state index in [-0.39, 0.29) is 0 Å². The van der Waals surface area contributed by atoms with Crippen molar-refractivity contribution in [3.8, 4) is 6.07 Å². The molecule has 0 aliphatic heterocycles. The van der Waals surface area contributed by atoms with Crippen molar-refractivity contribution in [3.63, 3.8) is 0 Å². The van der Waals surface area contributed by atoms with E-state index < -0.39 is 5.54 Å². The smallest absolute Gasteiger partial charge is 0.101 e. The average molecular weight is 198 g/mol. The minimum absolute atomic E-state index is 0.592. The molecule has 14 heavy (non-hydrogen) atoms. The zero-order chi connectivity index (χ0) is 11.0. The van der Waals surface area contributed by atoms with E-state index in [1.807, 2.05) is 0 Å². The van der Waals surface area contributed by atoms with Crippen LogP contribution in [0.5, 0.6) is 0 Å². The van der Waals surface area contributed by atoms with Crippen LogP contribution in [-0.2, 0) is 4.74 Å². The van der Waals surface area contributed by atoms with Gasteiger partial charge < -0.3 is 10.5 Å². The Labute approximate surface area is 87.2 Å². The number of rotatable bonds is 7. The predicted molar refractivity (Wildman–Crippen MR) is 57.7 cm³/mol. The first-order chi connectivity index (χ1) is 6.48. The van der Waals surface area contributed by atoms with E-state index in [2.05, 4.69) is 19.9 Å². The highest BCUT2D eigenvalue weighted by atomic mass is 16.5. The quantitative estimate of drug-likeness (QED) is 0.637. The van der Waals surface area contributed by atoms with Gasteiger partial charge in [-0.25, -0.2) is 0 Å². The van der Waals surface area contributed by atoms with E-state index in [0.29, 0.717) is 5.92 Å². The monoisotopic (exact) mass is 198 g/mol. The Morgan fingerprint density at radius 1 is 1.43 bits per heavy atom. The van der Waals surface area contributed by atoms with Crippen LogP contribution in [0.4, 0.5) is 0 Å². The van der Waals surface area contributed by atoms with E-state index in [9.17, 15) is 0 Å². The van der Waals surface area contributed by atoms with Crippen molar-refractivity contribution < 1.29 is 4.74 Å². The van der Waals surface area contributed by atoms with Crippen LogP contribution in [0.1, 0.15) is 40.0 Å². The summed E-state index contributed by atoms with van der Waals surface area (Å²) < 4.78 is 5.42. The Kier molecular flexibility index (Phi) is 6.52. The molecule has 3 heteroatoms. The molecule has 0 saturated heterocycles. The van der Waals surface area contributed by atoms with Gasteiger partial charge in [-0.15, -0.1) is 0 Å². The second-order valence-electron chi connectivity index (χ2n) is 4.46. The Morgan fingerprint density at radius 2 is 2.07 bits per heavy atom. The summed E-state index contributed by atoms with van der Waals surface area (Å²) in [6.07, 6.45) is 2.69. The van der Waals surface area contributed by atoms with Gasteiger partial charge in [0.1, 0.15) is 5.54 Å². The van der Waals surface area contributed by atoms with Gasteiger partial charge in [0.05, 0.1) is 6.07 Å². The first kappa shape index (κ1) is 13.4. The third-order valence-electron chi connectivity index (χ3n) is 1.94. The fourth-order valence-corrected chi connectivity index (χ4v) is 1.07. The summed E-state index contributed by atoms with van der Waals surface area (Å²) in [4.78, 5) is 0. The second-order valence-corrected chi connectivity index (χ2v) is 4.46. The fraction of sp³-hybridized carbons (Fsp3) is 0.909. The summed E-state index contributed by atoms with van der Waals surface area (Å²) in [5, 5.41) is 8.66. The van der Waals surface area contributed by atoms with Crippen LogP contribution in [0.3, 0.4) is 0 Å². The zero-order valence-corrected chi connectivity index (χ0v) is 9.55. The molecule has 0 radical (unpaired) electrons. The molecule has 0 bridgehead atoms. The largest absolute Gasteiger partial charge is 0.381 e. The molecule has 1 unspecified atom stereocenters. The maximum absolute atomic E-state index is 8.66. The SMILES string of the molecule is CC(C)COCCCCC(C)(N)C#N.